The second-order valence-corrected chi connectivity index (χ2v) is 9.95. The Morgan fingerprint density at radius 1 is 1.09 bits per heavy atom. The summed E-state index contributed by atoms with van der Waals surface area (Å²) in [5, 5.41) is 3.12. The number of para-hydroxylation sites is 1. The molecule has 2 amide bonds. The first-order chi connectivity index (χ1) is 17.1. The molecule has 5 rings (SSSR count). The molecule has 184 valence electrons. The van der Waals surface area contributed by atoms with Gasteiger partial charge in [-0.25, -0.2) is 0 Å². The van der Waals surface area contributed by atoms with Crippen molar-refractivity contribution in [1.29, 1.82) is 0 Å². The van der Waals surface area contributed by atoms with Crippen molar-refractivity contribution < 1.29 is 14.3 Å². The highest BCUT2D eigenvalue weighted by atomic mass is 16.5. The van der Waals surface area contributed by atoms with Crippen LogP contribution in [-0.4, -0.2) is 58.9 Å². The second kappa shape index (κ2) is 11.0. The maximum absolute atomic E-state index is 13.5. The summed E-state index contributed by atoms with van der Waals surface area (Å²) in [6.07, 6.45) is 11.3. The van der Waals surface area contributed by atoms with E-state index in [4.69, 9.17) is 4.74 Å². The number of hydrogen-bond donors (Lipinski definition) is 1. The topological polar surface area (TPSA) is 74.8 Å². The predicted octanol–water partition coefficient (Wildman–Crippen LogP) is 3.17. The molecule has 0 unspecified atom stereocenters. The molecule has 1 saturated carbocycles. The van der Waals surface area contributed by atoms with Gasteiger partial charge in [-0.1, -0.05) is 30.4 Å². The molecule has 3 aliphatic rings. The number of nitrogens with zero attached hydrogens (tertiary/aromatic N) is 3. The van der Waals surface area contributed by atoms with Crippen molar-refractivity contribution in [3.63, 3.8) is 0 Å². The summed E-state index contributed by atoms with van der Waals surface area (Å²) in [7, 11) is 0. The Morgan fingerprint density at radius 2 is 1.91 bits per heavy atom. The van der Waals surface area contributed by atoms with Crippen molar-refractivity contribution in [3.05, 3.63) is 72.1 Å². The molecule has 3 heterocycles. The van der Waals surface area contributed by atoms with Crippen LogP contribution < -0.4 is 10.1 Å². The summed E-state index contributed by atoms with van der Waals surface area (Å²) in [4.78, 5) is 34.3. The van der Waals surface area contributed by atoms with Crippen LogP contribution in [0.1, 0.15) is 36.8 Å². The minimum absolute atomic E-state index is 0.135. The maximum Gasteiger partial charge on any atom is 0.236 e. The first-order valence-electron chi connectivity index (χ1n) is 12.7. The standard InChI is InChI=1S/C28H34N4O3/c33-27(30-25-7-8-25)16-22-11-14-32-19-23(22)5-3-15-35-26-6-2-1-4-24(26)18-31(20-28(32)34)17-21-9-12-29-13-10-21/h1-6,9-10,12-13,22-23,25H,7-8,11,14-20H2,(H,30,33)/t22-,23-/m0/s1. The lowest BCUT2D eigenvalue weighted by molar-refractivity contribution is -0.135. The van der Waals surface area contributed by atoms with E-state index in [9.17, 15) is 9.59 Å². The monoisotopic (exact) mass is 474 g/mol. The number of rotatable bonds is 5. The molecule has 1 aliphatic carbocycles. The van der Waals surface area contributed by atoms with E-state index in [1.165, 1.54) is 0 Å². The SMILES string of the molecule is O=C(C[C@@H]1CCN2C[C@@H]1C=CCOc1ccccc1CN(Cc1ccncc1)CC2=O)NC1CC1. The van der Waals surface area contributed by atoms with Gasteiger partial charge >= 0.3 is 0 Å². The van der Waals surface area contributed by atoms with E-state index in [-0.39, 0.29) is 23.7 Å². The summed E-state index contributed by atoms with van der Waals surface area (Å²) in [6, 6.07) is 12.4. The molecular weight excluding hydrogens is 440 g/mol. The number of piperidine rings is 1. The van der Waals surface area contributed by atoms with E-state index < -0.39 is 0 Å². The van der Waals surface area contributed by atoms with Crippen molar-refractivity contribution >= 4 is 11.8 Å². The van der Waals surface area contributed by atoms with Gasteiger partial charge in [0.2, 0.25) is 11.8 Å². The Morgan fingerprint density at radius 3 is 2.74 bits per heavy atom. The highest BCUT2D eigenvalue weighted by molar-refractivity contribution is 5.79. The smallest absolute Gasteiger partial charge is 0.236 e. The van der Waals surface area contributed by atoms with Crippen molar-refractivity contribution in [1.82, 2.24) is 20.1 Å². The Balaban J connectivity index is 1.35. The Kier molecular flexibility index (Phi) is 7.42. The highest BCUT2D eigenvalue weighted by Crippen LogP contribution is 2.30. The summed E-state index contributed by atoms with van der Waals surface area (Å²) in [5.74, 6) is 1.50. The molecule has 2 bridgehead atoms. The van der Waals surface area contributed by atoms with Gasteiger partial charge in [0.05, 0.1) is 6.54 Å². The molecule has 1 N–H and O–H groups in total. The molecule has 7 heteroatoms. The lowest BCUT2D eigenvalue weighted by atomic mass is 9.82. The van der Waals surface area contributed by atoms with E-state index in [2.05, 4.69) is 27.3 Å². The van der Waals surface area contributed by atoms with Crippen LogP contribution in [0.15, 0.2) is 60.9 Å². The first-order valence-corrected chi connectivity index (χ1v) is 12.7. The molecule has 1 aromatic heterocycles. The zero-order valence-corrected chi connectivity index (χ0v) is 20.1. The lowest BCUT2D eigenvalue weighted by Crippen LogP contribution is -2.47. The van der Waals surface area contributed by atoms with Gasteiger partial charge in [-0.2, -0.15) is 0 Å². The molecule has 2 aromatic rings. The van der Waals surface area contributed by atoms with Gasteiger partial charge < -0.3 is 15.0 Å². The molecule has 0 radical (unpaired) electrons. The van der Waals surface area contributed by atoms with Crippen molar-refractivity contribution in [2.24, 2.45) is 11.8 Å². The average Bonchev–Trinajstić information content (AvgIpc) is 3.67. The number of hydrogen-bond acceptors (Lipinski definition) is 5. The quantitative estimate of drug-likeness (QED) is 0.674. The van der Waals surface area contributed by atoms with Crippen LogP contribution >= 0.6 is 0 Å². The molecule has 1 aromatic carbocycles. The third kappa shape index (κ3) is 6.48. The Bertz CT molecular complexity index is 1050. The molecule has 2 atom stereocenters. The van der Waals surface area contributed by atoms with Crippen LogP contribution in [0.4, 0.5) is 0 Å². The van der Waals surface area contributed by atoms with E-state index in [0.29, 0.717) is 51.8 Å². The summed E-state index contributed by atoms with van der Waals surface area (Å²) < 4.78 is 6.14. The van der Waals surface area contributed by atoms with Crippen LogP contribution in [0.2, 0.25) is 0 Å². The third-order valence-electron chi connectivity index (χ3n) is 7.15. The van der Waals surface area contributed by atoms with E-state index in [1.807, 2.05) is 41.3 Å². The van der Waals surface area contributed by atoms with Crippen LogP contribution in [0.25, 0.3) is 0 Å². The maximum atomic E-state index is 13.5. The fourth-order valence-corrected chi connectivity index (χ4v) is 5.07. The molecule has 1 saturated heterocycles. The molecule has 2 aliphatic heterocycles. The highest BCUT2D eigenvalue weighted by Gasteiger charge is 2.33. The van der Waals surface area contributed by atoms with Gasteiger partial charge in [0, 0.05) is 56.6 Å². The number of aromatic nitrogens is 1. The summed E-state index contributed by atoms with van der Waals surface area (Å²) in [6.45, 7) is 3.41. The molecule has 7 nitrogen and oxygen atoms in total. The van der Waals surface area contributed by atoms with Crippen LogP contribution in [-0.2, 0) is 22.7 Å². The Hall–Kier alpha value is -3.19. The third-order valence-corrected chi connectivity index (χ3v) is 7.15. The minimum Gasteiger partial charge on any atom is -0.489 e. The number of carbonyl (C=O) groups is 2. The fraction of sp³-hybridized carbons (Fsp3) is 0.464. The van der Waals surface area contributed by atoms with Crippen molar-refractivity contribution in [2.75, 3.05) is 26.2 Å². The molecular formula is C28H34N4O3. The van der Waals surface area contributed by atoms with E-state index in [0.717, 1.165) is 36.1 Å². The number of amides is 2. The lowest BCUT2D eigenvalue weighted by Gasteiger charge is -2.38. The molecule has 35 heavy (non-hydrogen) atoms. The van der Waals surface area contributed by atoms with Crippen LogP contribution in [0.5, 0.6) is 5.75 Å². The van der Waals surface area contributed by atoms with Gasteiger partial charge in [-0.3, -0.25) is 19.5 Å². The van der Waals surface area contributed by atoms with Crippen molar-refractivity contribution in [3.8, 4) is 5.75 Å². The second-order valence-electron chi connectivity index (χ2n) is 9.95. The minimum atomic E-state index is 0.135. The number of ether oxygens (including phenoxy) is 1. The summed E-state index contributed by atoms with van der Waals surface area (Å²) >= 11 is 0. The van der Waals surface area contributed by atoms with Gasteiger partial charge in [0.25, 0.3) is 0 Å². The zero-order chi connectivity index (χ0) is 24.0. The number of fused-ring (bicyclic) bond motifs is 3. The zero-order valence-electron chi connectivity index (χ0n) is 20.1. The summed E-state index contributed by atoms with van der Waals surface area (Å²) in [5.41, 5.74) is 2.19. The van der Waals surface area contributed by atoms with Crippen molar-refractivity contribution in [2.45, 2.75) is 44.8 Å². The predicted molar refractivity (Wildman–Crippen MR) is 133 cm³/mol. The number of benzene rings is 1. The average molecular weight is 475 g/mol. The normalized spacial score (nSPS) is 23.3. The van der Waals surface area contributed by atoms with Crippen LogP contribution in [0, 0.1) is 11.8 Å². The number of pyridine rings is 1. The van der Waals surface area contributed by atoms with Crippen LogP contribution in [0.3, 0.4) is 0 Å². The largest absolute Gasteiger partial charge is 0.489 e. The fourth-order valence-electron chi connectivity index (χ4n) is 5.07. The molecule has 2 fully saturated rings. The van der Waals surface area contributed by atoms with E-state index >= 15 is 0 Å². The van der Waals surface area contributed by atoms with Gasteiger partial charge in [0.1, 0.15) is 12.4 Å². The number of carbonyl (C=O) groups excluding carboxylic acids is 2. The number of nitrogens with one attached hydrogen (secondary N) is 1. The van der Waals surface area contributed by atoms with Gasteiger partial charge in [-0.15, -0.1) is 0 Å². The first kappa shape index (κ1) is 23.5. The van der Waals surface area contributed by atoms with E-state index in [1.54, 1.807) is 12.4 Å². The Labute approximate surface area is 207 Å². The van der Waals surface area contributed by atoms with Gasteiger partial charge in [-0.05, 0) is 54.9 Å². The molecule has 0 spiro atoms. The van der Waals surface area contributed by atoms with Gasteiger partial charge in [0.15, 0.2) is 0 Å².